The first-order chi connectivity index (χ1) is 16.0. The van der Waals surface area contributed by atoms with Crippen LogP contribution in [0.3, 0.4) is 0 Å². The molecular formula is C27H28FNO3S. The van der Waals surface area contributed by atoms with Crippen LogP contribution in [0.25, 0.3) is 0 Å². The molecule has 0 bridgehead atoms. The van der Waals surface area contributed by atoms with E-state index < -0.39 is 17.7 Å². The van der Waals surface area contributed by atoms with Crippen molar-refractivity contribution in [2.45, 2.75) is 38.5 Å². The standard InChI is InChI=1S/C27H28FNO3S/c1-3-33-13-12-32-27(31)24-17(2)29-22-15-20(18-8-5-4-6-9-18)16-23(30)26(22)25(24)19-10-7-11-21(28)14-19/h4-11,14,20,25,29H,3,12-13,15-16H2,1-2H3. The molecule has 1 N–H and O–H groups in total. The average Bonchev–Trinajstić information content (AvgIpc) is 2.81. The summed E-state index contributed by atoms with van der Waals surface area (Å²) in [6.07, 6.45) is 1.01. The lowest BCUT2D eigenvalue weighted by atomic mass is 9.72. The van der Waals surface area contributed by atoms with E-state index in [-0.39, 0.29) is 11.7 Å². The fourth-order valence-electron chi connectivity index (χ4n) is 4.71. The number of hydrogen-bond donors (Lipinski definition) is 1. The molecule has 6 heteroatoms. The molecule has 2 aromatic carbocycles. The highest BCUT2D eigenvalue weighted by atomic mass is 32.2. The lowest BCUT2D eigenvalue weighted by molar-refractivity contribution is -0.138. The normalized spacial score (nSPS) is 20.4. The Morgan fingerprint density at radius 1 is 1.12 bits per heavy atom. The molecular weight excluding hydrogens is 437 g/mol. The van der Waals surface area contributed by atoms with E-state index in [9.17, 15) is 14.0 Å². The van der Waals surface area contributed by atoms with Crippen LogP contribution < -0.4 is 5.32 Å². The van der Waals surface area contributed by atoms with Gasteiger partial charge >= 0.3 is 5.97 Å². The fraction of sp³-hybridized carbons (Fsp3) is 0.333. The minimum atomic E-state index is -0.646. The van der Waals surface area contributed by atoms with Crippen LogP contribution in [0.2, 0.25) is 0 Å². The molecule has 4 rings (SSSR count). The van der Waals surface area contributed by atoms with E-state index in [4.69, 9.17) is 4.74 Å². The van der Waals surface area contributed by atoms with Crippen molar-refractivity contribution in [2.75, 3.05) is 18.1 Å². The number of hydrogen-bond acceptors (Lipinski definition) is 5. The van der Waals surface area contributed by atoms with Gasteiger partial charge in [0, 0.05) is 35.1 Å². The molecule has 0 spiro atoms. The number of rotatable bonds is 7. The monoisotopic (exact) mass is 465 g/mol. The number of carbonyl (C=O) groups excluding carboxylic acids is 2. The van der Waals surface area contributed by atoms with Gasteiger partial charge in [-0.25, -0.2) is 9.18 Å². The van der Waals surface area contributed by atoms with Crippen molar-refractivity contribution < 1.29 is 18.7 Å². The van der Waals surface area contributed by atoms with Gasteiger partial charge in [-0.1, -0.05) is 49.4 Å². The molecule has 0 aromatic heterocycles. The van der Waals surface area contributed by atoms with Crippen LogP contribution in [0.15, 0.2) is 77.1 Å². The van der Waals surface area contributed by atoms with Gasteiger partial charge in [0.1, 0.15) is 12.4 Å². The van der Waals surface area contributed by atoms with E-state index in [0.29, 0.717) is 47.6 Å². The van der Waals surface area contributed by atoms with Crippen molar-refractivity contribution in [1.29, 1.82) is 0 Å². The molecule has 1 aliphatic carbocycles. The number of allylic oxidation sites excluding steroid dienone is 3. The Balaban J connectivity index is 1.72. The summed E-state index contributed by atoms with van der Waals surface area (Å²) in [6, 6.07) is 16.1. The fourth-order valence-corrected chi connectivity index (χ4v) is 5.20. The molecule has 2 atom stereocenters. The van der Waals surface area contributed by atoms with Gasteiger partial charge in [0.25, 0.3) is 0 Å². The average molecular weight is 466 g/mol. The molecule has 1 aliphatic heterocycles. The minimum Gasteiger partial charge on any atom is -0.461 e. The van der Waals surface area contributed by atoms with Gasteiger partial charge in [0.15, 0.2) is 5.78 Å². The van der Waals surface area contributed by atoms with E-state index in [1.807, 2.05) is 37.3 Å². The maximum absolute atomic E-state index is 14.2. The third-order valence-corrected chi connectivity index (χ3v) is 7.03. The third kappa shape index (κ3) is 5.06. The molecule has 0 fully saturated rings. The highest BCUT2D eigenvalue weighted by molar-refractivity contribution is 7.99. The number of dihydropyridines is 1. The number of carbonyl (C=O) groups is 2. The Bertz CT molecular complexity index is 1110. The van der Waals surface area contributed by atoms with E-state index in [1.165, 1.54) is 12.1 Å². The zero-order valence-corrected chi connectivity index (χ0v) is 19.7. The molecule has 2 aliphatic rings. The Labute approximate surface area is 198 Å². The predicted molar refractivity (Wildman–Crippen MR) is 129 cm³/mol. The Morgan fingerprint density at radius 2 is 1.88 bits per heavy atom. The Hall–Kier alpha value is -2.86. The summed E-state index contributed by atoms with van der Waals surface area (Å²) in [7, 11) is 0. The van der Waals surface area contributed by atoms with Gasteiger partial charge in [0.05, 0.1) is 5.57 Å². The zero-order chi connectivity index (χ0) is 23.4. The van der Waals surface area contributed by atoms with Crippen molar-refractivity contribution in [1.82, 2.24) is 5.32 Å². The number of benzene rings is 2. The number of thioether (sulfide) groups is 1. The quantitative estimate of drug-likeness (QED) is 0.433. The second-order valence-electron chi connectivity index (χ2n) is 8.32. The molecule has 2 unspecified atom stereocenters. The van der Waals surface area contributed by atoms with Crippen LogP contribution in [0.1, 0.15) is 49.7 Å². The van der Waals surface area contributed by atoms with Crippen LogP contribution in [0.4, 0.5) is 4.39 Å². The van der Waals surface area contributed by atoms with Crippen molar-refractivity contribution in [3.8, 4) is 0 Å². The molecule has 172 valence electrons. The first kappa shape index (κ1) is 23.3. The lowest BCUT2D eigenvalue weighted by Crippen LogP contribution is -2.36. The largest absolute Gasteiger partial charge is 0.461 e. The van der Waals surface area contributed by atoms with Crippen molar-refractivity contribution >= 4 is 23.5 Å². The number of nitrogens with one attached hydrogen (secondary N) is 1. The summed E-state index contributed by atoms with van der Waals surface area (Å²) in [4.78, 5) is 26.6. The topological polar surface area (TPSA) is 55.4 Å². The molecule has 0 radical (unpaired) electrons. The summed E-state index contributed by atoms with van der Waals surface area (Å²) < 4.78 is 19.7. The number of ether oxygens (including phenoxy) is 1. The second kappa shape index (κ2) is 10.4. The van der Waals surface area contributed by atoms with Gasteiger partial charge in [0.2, 0.25) is 0 Å². The van der Waals surface area contributed by atoms with Gasteiger partial charge < -0.3 is 10.1 Å². The molecule has 33 heavy (non-hydrogen) atoms. The summed E-state index contributed by atoms with van der Waals surface area (Å²) in [6.45, 7) is 4.17. The van der Waals surface area contributed by atoms with Gasteiger partial charge in [-0.2, -0.15) is 11.8 Å². The van der Waals surface area contributed by atoms with Crippen LogP contribution in [0.5, 0.6) is 0 Å². The summed E-state index contributed by atoms with van der Waals surface area (Å²) in [5, 5.41) is 3.33. The highest BCUT2D eigenvalue weighted by Crippen LogP contribution is 2.45. The van der Waals surface area contributed by atoms with Crippen LogP contribution >= 0.6 is 11.8 Å². The van der Waals surface area contributed by atoms with E-state index >= 15 is 0 Å². The van der Waals surface area contributed by atoms with Gasteiger partial charge in [-0.15, -0.1) is 0 Å². The molecule has 1 heterocycles. The molecule has 0 saturated carbocycles. The SMILES string of the molecule is CCSCCOC(=O)C1=C(C)NC2=C(C(=O)CC(c3ccccc3)C2)C1c1cccc(F)c1. The smallest absolute Gasteiger partial charge is 0.336 e. The number of ketones is 1. The summed E-state index contributed by atoms with van der Waals surface area (Å²) >= 11 is 1.69. The van der Waals surface area contributed by atoms with Crippen molar-refractivity contribution in [3.05, 3.63) is 94.1 Å². The zero-order valence-electron chi connectivity index (χ0n) is 18.9. The molecule has 2 aromatic rings. The van der Waals surface area contributed by atoms with Crippen LogP contribution in [-0.4, -0.2) is 29.9 Å². The van der Waals surface area contributed by atoms with E-state index in [1.54, 1.807) is 23.9 Å². The minimum absolute atomic E-state index is 0.0220. The van der Waals surface area contributed by atoms with E-state index in [2.05, 4.69) is 12.2 Å². The molecule has 4 nitrogen and oxygen atoms in total. The number of halogens is 1. The van der Waals surface area contributed by atoms with Crippen LogP contribution in [0, 0.1) is 5.82 Å². The first-order valence-corrected chi connectivity index (χ1v) is 12.4. The number of esters is 1. The van der Waals surface area contributed by atoms with Gasteiger partial charge in [-0.05, 0) is 48.3 Å². The first-order valence-electron chi connectivity index (χ1n) is 11.3. The van der Waals surface area contributed by atoms with Gasteiger partial charge in [-0.3, -0.25) is 4.79 Å². The van der Waals surface area contributed by atoms with Crippen molar-refractivity contribution in [2.24, 2.45) is 0 Å². The van der Waals surface area contributed by atoms with Crippen molar-refractivity contribution in [3.63, 3.8) is 0 Å². The summed E-state index contributed by atoms with van der Waals surface area (Å²) in [5.74, 6) is 0.182. The third-order valence-electron chi connectivity index (χ3n) is 6.17. The maximum atomic E-state index is 14.2. The molecule has 0 saturated heterocycles. The lowest BCUT2D eigenvalue weighted by Gasteiger charge is -2.36. The summed E-state index contributed by atoms with van der Waals surface area (Å²) in [5.41, 5.74) is 4.09. The Morgan fingerprint density at radius 3 is 2.61 bits per heavy atom. The predicted octanol–water partition coefficient (Wildman–Crippen LogP) is 5.48. The molecule has 0 amide bonds. The van der Waals surface area contributed by atoms with Crippen LogP contribution in [-0.2, 0) is 14.3 Å². The maximum Gasteiger partial charge on any atom is 0.336 e. The van der Waals surface area contributed by atoms with E-state index in [0.717, 1.165) is 17.0 Å². The number of Topliss-reactive ketones (excluding diaryl/α,β-unsaturated/α-hetero) is 1. The highest BCUT2D eigenvalue weighted by Gasteiger charge is 2.41. The Kier molecular flexibility index (Phi) is 7.33. The second-order valence-corrected chi connectivity index (χ2v) is 9.71.